The monoisotopic (exact) mass is 343 g/mol. The highest BCUT2D eigenvalue weighted by molar-refractivity contribution is 9.10. The highest BCUT2D eigenvalue weighted by Crippen LogP contribution is 2.19. The number of benzene rings is 2. The Hall–Kier alpha value is -1.65. The van der Waals surface area contributed by atoms with E-state index in [1.165, 1.54) is 11.1 Å². The summed E-state index contributed by atoms with van der Waals surface area (Å²) in [5, 5.41) is 3.51. The van der Waals surface area contributed by atoms with Crippen molar-refractivity contribution in [1.29, 1.82) is 0 Å². The molecule has 0 saturated heterocycles. The van der Waals surface area contributed by atoms with Crippen LogP contribution in [0, 0.1) is 6.92 Å². The van der Waals surface area contributed by atoms with Crippen LogP contribution in [-0.2, 0) is 6.54 Å². The van der Waals surface area contributed by atoms with Crippen molar-refractivity contribution in [2.45, 2.75) is 26.4 Å². The summed E-state index contributed by atoms with van der Waals surface area (Å²) < 4.78 is 1.15. The molecule has 3 nitrogen and oxygen atoms in total. The molecule has 0 aliphatic heterocycles. The lowest BCUT2D eigenvalue weighted by molar-refractivity contribution is 0.552. The zero-order chi connectivity index (χ0) is 14.8. The van der Waals surface area contributed by atoms with Crippen LogP contribution in [0.4, 0.5) is 0 Å². The van der Waals surface area contributed by atoms with Gasteiger partial charge in [-0.3, -0.25) is 0 Å². The summed E-state index contributed by atoms with van der Waals surface area (Å²) in [4.78, 5) is 8.00. The molecule has 1 unspecified atom stereocenters. The number of hydrogen-bond donors (Lipinski definition) is 2. The molecule has 108 valence electrons. The van der Waals surface area contributed by atoms with Crippen LogP contribution < -0.4 is 5.32 Å². The molecular formula is C17H18BrN3. The number of aryl methyl sites for hydroxylation is 1. The predicted octanol–water partition coefficient (Wildman–Crippen LogP) is 4.48. The molecular weight excluding hydrogens is 326 g/mol. The normalized spacial score (nSPS) is 12.7. The molecule has 0 fully saturated rings. The predicted molar refractivity (Wildman–Crippen MR) is 90.2 cm³/mol. The van der Waals surface area contributed by atoms with Crippen molar-refractivity contribution in [1.82, 2.24) is 15.3 Å². The maximum absolute atomic E-state index is 4.63. The summed E-state index contributed by atoms with van der Waals surface area (Å²) in [5.41, 5.74) is 4.61. The molecule has 1 atom stereocenters. The van der Waals surface area contributed by atoms with Gasteiger partial charge in [0.25, 0.3) is 0 Å². The van der Waals surface area contributed by atoms with E-state index in [0.29, 0.717) is 0 Å². The fourth-order valence-electron chi connectivity index (χ4n) is 2.29. The molecule has 2 N–H and O–H groups in total. The second-order valence-electron chi connectivity index (χ2n) is 5.33. The van der Waals surface area contributed by atoms with Crippen molar-refractivity contribution in [2.24, 2.45) is 0 Å². The summed E-state index contributed by atoms with van der Waals surface area (Å²) in [6, 6.07) is 14.7. The molecule has 1 heterocycles. The third-order valence-corrected chi connectivity index (χ3v) is 4.52. The molecule has 0 saturated carbocycles. The minimum atomic E-state index is 0.178. The Balaban J connectivity index is 1.70. The Labute approximate surface area is 132 Å². The van der Waals surface area contributed by atoms with Gasteiger partial charge in [-0.25, -0.2) is 4.98 Å². The number of imidazole rings is 1. The number of aromatic amines is 1. The molecule has 0 bridgehead atoms. The first-order valence-electron chi connectivity index (χ1n) is 7.06. The van der Waals surface area contributed by atoms with Gasteiger partial charge in [0, 0.05) is 11.0 Å². The summed E-state index contributed by atoms with van der Waals surface area (Å²) in [7, 11) is 0. The third kappa shape index (κ3) is 3.17. The minimum Gasteiger partial charge on any atom is -0.341 e. The smallest absolute Gasteiger partial charge is 0.124 e. The van der Waals surface area contributed by atoms with Gasteiger partial charge in [0.15, 0.2) is 0 Å². The lowest BCUT2D eigenvalue weighted by atomic mass is 10.1. The second-order valence-corrected chi connectivity index (χ2v) is 6.18. The molecule has 0 aliphatic rings. The van der Waals surface area contributed by atoms with Crippen LogP contribution in [-0.4, -0.2) is 9.97 Å². The van der Waals surface area contributed by atoms with E-state index in [1.807, 2.05) is 18.2 Å². The number of fused-ring (bicyclic) bond motifs is 1. The molecule has 4 heteroatoms. The standard InChI is InChI=1S/C17H18BrN3/c1-11-7-8-13(9-14(11)18)10-19-12(2)17-20-15-5-3-4-6-16(15)21-17/h3-9,12,19H,10H2,1-2H3,(H,20,21). The molecule has 3 rings (SSSR count). The summed E-state index contributed by atoms with van der Waals surface area (Å²) in [6.45, 7) is 5.04. The van der Waals surface area contributed by atoms with Gasteiger partial charge in [0.05, 0.1) is 17.1 Å². The summed E-state index contributed by atoms with van der Waals surface area (Å²) in [5.74, 6) is 0.974. The summed E-state index contributed by atoms with van der Waals surface area (Å²) >= 11 is 3.57. The first kappa shape index (κ1) is 14.3. The molecule has 0 spiro atoms. The zero-order valence-electron chi connectivity index (χ0n) is 12.2. The number of aromatic nitrogens is 2. The van der Waals surface area contributed by atoms with Crippen LogP contribution in [0.5, 0.6) is 0 Å². The molecule has 1 aromatic heterocycles. The maximum atomic E-state index is 4.63. The van der Waals surface area contributed by atoms with Crippen LogP contribution in [0.15, 0.2) is 46.9 Å². The number of rotatable bonds is 4. The van der Waals surface area contributed by atoms with E-state index >= 15 is 0 Å². The first-order chi connectivity index (χ1) is 10.1. The SMILES string of the molecule is Cc1ccc(CNC(C)c2nc3ccccc3[nH]2)cc1Br. The number of H-pyrrole nitrogens is 1. The molecule has 0 radical (unpaired) electrons. The molecule has 21 heavy (non-hydrogen) atoms. The van der Waals surface area contributed by atoms with E-state index in [2.05, 4.69) is 69.3 Å². The Kier molecular flexibility index (Phi) is 4.08. The number of para-hydroxylation sites is 2. The number of hydrogen-bond acceptors (Lipinski definition) is 2. The van der Waals surface area contributed by atoms with E-state index < -0.39 is 0 Å². The van der Waals surface area contributed by atoms with E-state index in [-0.39, 0.29) is 6.04 Å². The number of halogens is 1. The van der Waals surface area contributed by atoms with Crippen LogP contribution in [0.1, 0.15) is 29.9 Å². The Morgan fingerprint density at radius 3 is 2.81 bits per heavy atom. The average molecular weight is 344 g/mol. The maximum Gasteiger partial charge on any atom is 0.124 e. The lowest BCUT2D eigenvalue weighted by Gasteiger charge is -2.12. The van der Waals surface area contributed by atoms with E-state index in [1.54, 1.807) is 0 Å². The Morgan fingerprint density at radius 1 is 1.24 bits per heavy atom. The summed E-state index contributed by atoms with van der Waals surface area (Å²) in [6.07, 6.45) is 0. The number of nitrogens with one attached hydrogen (secondary N) is 2. The average Bonchev–Trinajstić information content (AvgIpc) is 2.92. The molecule has 3 aromatic rings. The van der Waals surface area contributed by atoms with Crippen molar-refractivity contribution < 1.29 is 0 Å². The fourth-order valence-corrected chi connectivity index (χ4v) is 2.72. The molecule has 2 aromatic carbocycles. The van der Waals surface area contributed by atoms with Gasteiger partial charge in [-0.1, -0.05) is 40.2 Å². The topological polar surface area (TPSA) is 40.7 Å². The number of nitrogens with zero attached hydrogens (tertiary/aromatic N) is 1. The van der Waals surface area contributed by atoms with E-state index in [0.717, 1.165) is 27.9 Å². The molecule has 0 amide bonds. The van der Waals surface area contributed by atoms with Gasteiger partial charge in [0.2, 0.25) is 0 Å². The quantitative estimate of drug-likeness (QED) is 0.732. The first-order valence-corrected chi connectivity index (χ1v) is 7.86. The van der Waals surface area contributed by atoms with Gasteiger partial charge in [-0.2, -0.15) is 0 Å². The van der Waals surface area contributed by atoms with Crippen LogP contribution in [0.2, 0.25) is 0 Å². The largest absolute Gasteiger partial charge is 0.341 e. The molecule has 0 aliphatic carbocycles. The zero-order valence-corrected chi connectivity index (χ0v) is 13.7. The highest BCUT2D eigenvalue weighted by Gasteiger charge is 2.10. The van der Waals surface area contributed by atoms with Crippen LogP contribution >= 0.6 is 15.9 Å². The van der Waals surface area contributed by atoms with Gasteiger partial charge < -0.3 is 10.3 Å². The Morgan fingerprint density at radius 2 is 2.05 bits per heavy atom. The van der Waals surface area contributed by atoms with Crippen molar-refractivity contribution in [2.75, 3.05) is 0 Å². The second kappa shape index (κ2) is 6.00. The van der Waals surface area contributed by atoms with Crippen molar-refractivity contribution in [3.63, 3.8) is 0 Å². The van der Waals surface area contributed by atoms with Gasteiger partial charge >= 0.3 is 0 Å². The van der Waals surface area contributed by atoms with Gasteiger partial charge in [0.1, 0.15) is 5.82 Å². The van der Waals surface area contributed by atoms with Crippen LogP contribution in [0.3, 0.4) is 0 Å². The van der Waals surface area contributed by atoms with Gasteiger partial charge in [-0.15, -0.1) is 0 Å². The third-order valence-electron chi connectivity index (χ3n) is 3.67. The van der Waals surface area contributed by atoms with E-state index in [9.17, 15) is 0 Å². The van der Waals surface area contributed by atoms with Crippen molar-refractivity contribution in [3.8, 4) is 0 Å². The Bertz CT molecular complexity index is 731. The van der Waals surface area contributed by atoms with Crippen molar-refractivity contribution >= 4 is 27.0 Å². The minimum absolute atomic E-state index is 0.178. The highest BCUT2D eigenvalue weighted by atomic mass is 79.9. The fraction of sp³-hybridized carbons (Fsp3) is 0.235. The van der Waals surface area contributed by atoms with Crippen LogP contribution in [0.25, 0.3) is 11.0 Å². The van der Waals surface area contributed by atoms with Crippen molar-refractivity contribution in [3.05, 3.63) is 63.9 Å². The van der Waals surface area contributed by atoms with Gasteiger partial charge in [-0.05, 0) is 43.2 Å². The lowest BCUT2D eigenvalue weighted by Crippen LogP contribution is -2.19. The van der Waals surface area contributed by atoms with E-state index in [4.69, 9.17) is 0 Å².